The van der Waals surface area contributed by atoms with Gasteiger partial charge < -0.3 is 5.32 Å². The van der Waals surface area contributed by atoms with Crippen molar-refractivity contribution in [2.75, 3.05) is 11.9 Å². The number of anilines is 1. The van der Waals surface area contributed by atoms with Gasteiger partial charge in [0.15, 0.2) is 5.65 Å². The van der Waals surface area contributed by atoms with Crippen LogP contribution in [0.3, 0.4) is 0 Å². The molecule has 17 heavy (non-hydrogen) atoms. The molecule has 0 amide bonds. The summed E-state index contributed by atoms with van der Waals surface area (Å²) in [5.41, 5.74) is 0.617. The molecule has 0 aromatic carbocycles. The number of nitrogens with one attached hydrogen (secondary N) is 2. The highest BCUT2D eigenvalue weighted by atomic mass is 16.2. The molecule has 2 aromatic heterocycles. The quantitative estimate of drug-likeness (QED) is 0.830. The van der Waals surface area contributed by atoms with Gasteiger partial charge in [0.25, 0.3) is 0 Å². The first-order valence-corrected chi connectivity index (χ1v) is 5.85. The third-order valence-electron chi connectivity index (χ3n) is 3.53. The highest BCUT2D eigenvalue weighted by molar-refractivity contribution is 5.43. The Morgan fingerprint density at radius 1 is 1.53 bits per heavy atom. The van der Waals surface area contributed by atoms with Gasteiger partial charge in [-0.15, -0.1) is 5.10 Å². The normalized spacial score (nSPS) is 17.9. The number of aromatic amines is 1. The Kier molecular flexibility index (Phi) is 2.17. The standard InChI is InChI=1S/C11H15N5O/c1-11(5-2-6-11)7-12-8-3-4-9-13-14-10(17)16(9)15-8/h3-4H,2,5-7H2,1H3,(H,12,15)(H,14,17). The minimum absolute atomic E-state index is 0.307. The van der Waals surface area contributed by atoms with Crippen molar-refractivity contribution in [3.05, 3.63) is 22.6 Å². The summed E-state index contributed by atoms with van der Waals surface area (Å²) in [5.74, 6) is 0.717. The molecule has 0 aliphatic heterocycles. The van der Waals surface area contributed by atoms with Crippen LogP contribution in [0.4, 0.5) is 5.82 Å². The number of aromatic nitrogens is 4. The topological polar surface area (TPSA) is 75.1 Å². The molecule has 1 fully saturated rings. The van der Waals surface area contributed by atoms with Crippen LogP contribution in [-0.2, 0) is 0 Å². The predicted octanol–water partition coefficient (Wildman–Crippen LogP) is 1.02. The van der Waals surface area contributed by atoms with Gasteiger partial charge in [0.05, 0.1) is 0 Å². The average Bonchev–Trinajstić information content (AvgIpc) is 2.66. The van der Waals surface area contributed by atoms with Crippen molar-refractivity contribution in [2.45, 2.75) is 26.2 Å². The summed E-state index contributed by atoms with van der Waals surface area (Å²) in [6.07, 6.45) is 3.83. The average molecular weight is 233 g/mol. The summed E-state index contributed by atoms with van der Waals surface area (Å²) in [4.78, 5) is 11.4. The molecule has 1 aliphatic carbocycles. The number of hydrogen-bond acceptors (Lipinski definition) is 4. The Morgan fingerprint density at radius 3 is 3.06 bits per heavy atom. The molecule has 3 rings (SSSR count). The molecule has 1 saturated carbocycles. The van der Waals surface area contributed by atoms with Crippen LogP contribution in [0.25, 0.3) is 5.65 Å². The first-order valence-electron chi connectivity index (χ1n) is 5.85. The van der Waals surface area contributed by atoms with Gasteiger partial charge >= 0.3 is 5.69 Å². The van der Waals surface area contributed by atoms with Crippen molar-refractivity contribution in [1.29, 1.82) is 0 Å². The van der Waals surface area contributed by atoms with E-state index < -0.39 is 0 Å². The molecule has 0 atom stereocenters. The van der Waals surface area contributed by atoms with E-state index in [0.717, 1.165) is 6.54 Å². The van der Waals surface area contributed by atoms with E-state index in [1.165, 1.54) is 23.8 Å². The van der Waals surface area contributed by atoms with Crippen LogP contribution >= 0.6 is 0 Å². The zero-order chi connectivity index (χ0) is 11.9. The zero-order valence-corrected chi connectivity index (χ0v) is 9.73. The minimum Gasteiger partial charge on any atom is -0.368 e. The van der Waals surface area contributed by atoms with Crippen LogP contribution in [0.1, 0.15) is 26.2 Å². The largest absolute Gasteiger partial charge is 0.368 e. The van der Waals surface area contributed by atoms with E-state index in [-0.39, 0.29) is 5.69 Å². The number of nitrogens with zero attached hydrogens (tertiary/aromatic N) is 3. The molecule has 0 spiro atoms. The van der Waals surface area contributed by atoms with Crippen molar-refractivity contribution in [2.24, 2.45) is 5.41 Å². The van der Waals surface area contributed by atoms with Crippen molar-refractivity contribution in [3.63, 3.8) is 0 Å². The smallest absolute Gasteiger partial charge is 0.364 e. The fourth-order valence-corrected chi connectivity index (χ4v) is 2.16. The summed E-state index contributed by atoms with van der Waals surface area (Å²) < 4.78 is 1.27. The lowest BCUT2D eigenvalue weighted by molar-refractivity contribution is 0.179. The third-order valence-corrected chi connectivity index (χ3v) is 3.53. The summed E-state index contributed by atoms with van der Waals surface area (Å²) in [7, 11) is 0. The highest BCUT2D eigenvalue weighted by Gasteiger charge is 2.31. The summed E-state index contributed by atoms with van der Waals surface area (Å²) >= 11 is 0. The summed E-state index contributed by atoms with van der Waals surface area (Å²) in [6, 6.07) is 3.62. The molecule has 0 saturated heterocycles. The van der Waals surface area contributed by atoms with Gasteiger partial charge in [-0.3, -0.25) is 0 Å². The molecule has 0 unspecified atom stereocenters. The van der Waals surface area contributed by atoms with Crippen LogP contribution in [0.2, 0.25) is 0 Å². The molecule has 2 N–H and O–H groups in total. The SMILES string of the molecule is CC1(CNc2ccc3n[nH]c(=O)n3n2)CCC1. The van der Waals surface area contributed by atoms with E-state index in [1.807, 2.05) is 6.07 Å². The second kappa shape index (κ2) is 3.58. The first-order chi connectivity index (χ1) is 8.16. The van der Waals surface area contributed by atoms with Crippen molar-refractivity contribution >= 4 is 11.5 Å². The predicted molar refractivity (Wildman–Crippen MR) is 64.1 cm³/mol. The molecular formula is C11H15N5O. The summed E-state index contributed by atoms with van der Waals surface area (Å²) in [6.45, 7) is 3.17. The maximum atomic E-state index is 11.4. The van der Waals surface area contributed by atoms with E-state index in [1.54, 1.807) is 6.07 Å². The molecular weight excluding hydrogens is 218 g/mol. The first kappa shape index (κ1) is 10.3. The van der Waals surface area contributed by atoms with Crippen LogP contribution in [0, 0.1) is 5.41 Å². The van der Waals surface area contributed by atoms with E-state index in [4.69, 9.17) is 0 Å². The van der Waals surface area contributed by atoms with Crippen LogP contribution < -0.4 is 11.0 Å². The third kappa shape index (κ3) is 1.79. The Hall–Kier alpha value is -1.85. The molecule has 2 heterocycles. The van der Waals surface area contributed by atoms with Gasteiger partial charge in [-0.05, 0) is 30.4 Å². The number of rotatable bonds is 3. The van der Waals surface area contributed by atoms with Gasteiger partial charge in [0, 0.05) is 6.54 Å². The van der Waals surface area contributed by atoms with E-state index >= 15 is 0 Å². The Labute approximate surface area is 98.0 Å². The maximum Gasteiger partial charge on any atom is 0.364 e. The lowest BCUT2D eigenvalue weighted by atomic mass is 9.70. The molecule has 0 bridgehead atoms. The van der Waals surface area contributed by atoms with E-state index in [2.05, 4.69) is 27.5 Å². The molecule has 1 aliphatic rings. The maximum absolute atomic E-state index is 11.4. The fraction of sp³-hybridized carbons (Fsp3) is 0.545. The number of fused-ring (bicyclic) bond motifs is 1. The van der Waals surface area contributed by atoms with Gasteiger partial charge in [-0.1, -0.05) is 13.3 Å². The second-order valence-corrected chi connectivity index (χ2v) is 5.04. The van der Waals surface area contributed by atoms with Crippen molar-refractivity contribution in [1.82, 2.24) is 19.8 Å². The van der Waals surface area contributed by atoms with Crippen LogP contribution in [-0.4, -0.2) is 26.4 Å². The molecule has 90 valence electrons. The minimum atomic E-state index is -0.307. The van der Waals surface area contributed by atoms with Gasteiger partial charge in [0.2, 0.25) is 0 Å². The zero-order valence-electron chi connectivity index (χ0n) is 9.73. The second-order valence-electron chi connectivity index (χ2n) is 5.04. The molecule has 2 aromatic rings. The van der Waals surface area contributed by atoms with Crippen LogP contribution in [0.15, 0.2) is 16.9 Å². The van der Waals surface area contributed by atoms with Gasteiger partial charge in [0.1, 0.15) is 5.82 Å². The highest BCUT2D eigenvalue weighted by Crippen LogP contribution is 2.39. The Morgan fingerprint density at radius 2 is 2.35 bits per heavy atom. The van der Waals surface area contributed by atoms with E-state index in [0.29, 0.717) is 16.9 Å². The number of hydrogen-bond donors (Lipinski definition) is 2. The van der Waals surface area contributed by atoms with Gasteiger partial charge in [-0.2, -0.15) is 9.61 Å². The van der Waals surface area contributed by atoms with Crippen LogP contribution in [0.5, 0.6) is 0 Å². The molecule has 6 nitrogen and oxygen atoms in total. The lowest BCUT2D eigenvalue weighted by Gasteiger charge is -2.38. The monoisotopic (exact) mass is 233 g/mol. The van der Waals surface area contributed by atoms with Crippen molar-refractivity contribution in [3.8, 4) is 0 Å². The molecule has 6 heteroatoms. The van der Waals surface area contributed by atoms with Gasteiger partial charge in [-0.25, -0.2) is 9.89 Å². The van der Waals surface area contributed by atoms with E-state index in [9.17, 15) is 4.79 Å². The Bertz CT molecular complexity index is 595. The van der Waals surface area contributed by atoms with Crippen molar-refractivity contribution < 1.29 is 0 Å². The molecule has 0 radical (unpaired) electrons. The summed E-state index contributed by atoms with van der Waals surface area (Å²) in [5, 5.41) is 13.7. The lowest BCUT2D eigenvalue weighted by Crippen LogP contribution is -2.33. The fourth-order valence-electron chi connectivity index (χ4n) is 2.16. The Balaban J connectivity index is 1.80. The number of H-pyrrole nitrogens is 1.